The zero-order valence-electron chi connectivity index (χ0n) is 87.5. The highest BCUT2D eigenvalue weighted by atomic mass is 16.5. The van der Waals surface area contributed by atoms with Crippen LogP contribution in [0, 0.1) is 0 Å². The molecule has 0 fully saturated rings. The minimum absolute atomic E-state index is 0.0762. The van der Waals surface area contributed by atoms with Gasteiger partial charge in [0.25, 0.3) is 6.71 Å². The molecule has 0 bridgehead atoms. The third-order valence-electron chi connectivity index (χ3n) is 26.9. The van der Waals surface area contributed by atoms with E-state index in [0.29, 0.717) is 56.4 Å². The van der Waals surface area contributed by atoms with Crippen LogP contribution >= 0.6 is 0 Å². The Bertz CT molecular complexity index is 8870. The van der Waals surface area contributed by atoms with Crippen molar-refractivity contribution in [2.75, 3.05) is 9.80 Å². The van der Waals surface area contributed by atoms with E-state index in [1.54, 1.807) is 9.13 Å². The molecule has 5 heterocycles. The van der Waals surface area contributed by atoms with Crippen molar-refractivity contribution >= 4 is 101 Å². The molecule has 4 aliphatic rings. The highest BCUT2D eigenvalue weighted by molar-refractivity contribution is 7.00. The summed E-state index contributed by atoms with van der Waals surface area (Å²) in [6.07, 6.45) is 0. The molecule has 0 unspecified atom stereocenters. The quantitative estimate of drug-likeness (QED) is 0.121. The first-order valence-electron chi connectivity index (χ1n) is 51.9. The lowest BCUT2D eigenvalue weighted by molar-refractivity contribution is 0.436. The van der Waals surface area contributed by atoms with Crippen molar-refractivity contribution in [1.82, 2.24) is 9.13 Å². The van der Waals surface area contributed by atoms with Gasteiger partial charge in [0.05, 0.1) is 60.8 Å². The topological polar surface area (TPSA) is 25.6 Å². The maximum Gasteiger partial charge on any atom is 0.252 e. The third kappa shape index (κ3) is 11.8. The summed E-state index contributed by atoms with van der Waals surface area (Å²) >= 11 is 0. The minimum Gasteiger partial charge on any atom is -0.457 e. The van der Waals surface area contributed by atoms with Gasteiger partial charge >= 0.3 is 0 Å². The van der Waals surface area contributed by atoms with Crippen LogP contribution in [-0.2, 0) is 16.2 Å². The highest BCUT2D eigenvalue weighted by Gasteiger charge is 2.52. The molecule has 0 atom stereocenters. The van der Waals surface area contributed by atoms with Crippen molar-refractivity contribution in [3.63, 3.8) is 0 Å². The molecule has 25 rings (SSSR count). The lowest BCUT2D eigenvalue weighted by Gasteiger charge is -2.46. The first-order chi connectivity index (χ1) is 69.9. The van der Waals surface area contributed by atoms with Gasteiger partial charge in [-0.2, -0.15) is 0 Å². The number of rotatable bonds is 11. The number of nitrogens with zero attached hydrogens (tertiary/aromatic N) is 4. The normalized spacial score (nSPS) is 15.0. The molecule has 2 aromatic heterocycles. The second-order valence-corrected chi connectivity index (χ2v) is 36.2. The number of hydrogen-bond acceptors (Lipinski definition) is 3. The van der Waals surface area contributed by atoms with Gasteiger partial charge in [-0.1, -0.05) is 357 Å². The summed E-state index contributed by atoms with van der Waals surface area (Å²) in [6, 6.07) is 108. The molecule has 1 spiro atoms. The molecule has 5 nitrogen and oxygen atoms in total. The van der Waals surface area contributed by atoms with Crippen LogP contribution in [0.25, 0.3) is 144 Å². The van der Waals surface area contributed by atoms with Gasteiger partial charge in [-0.25, -0.2) is 0 Å². The van der Waals surface area contributed by atoms with Gasteiger partial charge in [-0.15, -0.1) is 0 Å². The average molecular weight is 1670 g/mol. The Morgan fingerprint density at radius 1 is 0.264 bits per heavy atom. The number of hydrogen-bond donors (Lipinski definition) is 0. The van der Waals surface area contributed by atoms with E-state index in [9.17, 15) is 21.9 Å². The second kappa shape index (κ2) is 29.2. The fourth-order valence-electron chi connectivity index (χ4n) is 21.0. The van der Waals surface area contributed by atoms with E-state index >= 15 is 0 Å². The van der Waals surface area contributed by atoms with E-state index in [2.05, 4.69) is 264 Å². The number of anilines is 6. The Morgan fingerprint density at radius 3 is 1.04 bits per heavy atom. The van der Waals surface area contributed by atoms with Crippen LogP contribution < -0.4 is 30.9 Å². The van der Waals surface area contributed by atoms with Gasteiger partial charge in [0, 0.05) is 89.0 Å². The summed E-state index contributed by atoms with van der Waals surface area (Å²) < 4.78 is 166. The van der Waals surface area contributed by atoms with Gasteiger partial charge in [0.15, 0.2) is 0 Å². The Labute approximate surface area is 775 Å². The summed E-state index contributed by atoms with van der Waals surface area (Å²) in [6.45, 7) is 12.4. The van der Waals surface area contributed by atoms with Gasteiger partial charge in [0.2, 0.25) is 0 Å². The molecule has 0 saturated heterocycles. The minimum atomic E-state index is -0.981. The molecule has 21 aromatic rings. The molecule has 19 aromatic carbocycles. The van der Waals surface area contributed by atoms with Crippen molar-refractivity contribution in [3.05, 3.63) is 464 Å². The maximum absolute atomic E-state index is 10.2. The predicted octanol–water partition coefficient (Wildman–Crippen LogP) is 30.7. The first-order valence-corrected chi connectivity index (χ1v) is 43.9. The van der Waals surface area contributed by atoms with Gasteiger partial charge in [-0.3, -0.25) is 0 Å². The SMILES string of the molecule is [2H]c1c([2H])c([2H])c2c(c1[2H])c1c([2H])c([2H])c([2H])c([2H])c1n2-c1ccc2c(c1)N(c1c(-c3ccccc3)cc(C(C)(C)C)cc1-c1ccccc1)c1cc(-c3ccc4c(c3)C3(c5ccccc5O4)c4ccccc4-c4ccccc43)cc3c1B2c1ccc(-n2c4c([2H])c([2H])c([2H])c([2H])c4c4c([2H])c([2H])c([2H])c([2H])c42)cc1N3c1c(-c2cccc(-c3ccccc3)c2)cc(C(C)(C)C)cc1-c1cccc(-c2ccccc2)c1. The van der Waals surface area contributed by atoms with E-state index in [1.807, 2.05) is 121 Å². The lowest BCUT2D eigenvalue weighted by Crippen LogP contribution is -2.61. The second-order valence-electron chi connectivity index (χ2n) is 36.2. The average Bonchev–Trinajstić information content (AvgIpc) is 1.67. The molecule has 129 heavy (non-hydrogen) atoms. The summed E-state index contributed by atoms with van der Waals surface area (Å²) in [7, 11) is 0. The molecular formula is C123H89BN4O. The van der Waals surface area contributed by atoms with Crippen LogP contribution in [0.5, 0.6) is 11.5 Å². The van der Waals surface area contributed by atoms with E-state index in [-0.39, 0.29) is 55.0 Å². The van der Waals surface area contributed by atoms with Crippen LogP contribution in [0.15, 0.2) is 430 Å². The largest absolute Gasteiger partial charge is 0.457 e. The summed E-state index contributed by atoms with van der Waals surface area (Å²) in [4.78, 5) is 4.75. The van der Waals surface area contributed by atoms with Crippen molar-refractivity contribution < 1.29 is 26.7 Å². The number of fused-ring (bicyclic) bond motifs is 19. The molecule has 0 radical (unpaired) electrons. The molecule has 6 heteroatoms. The van der Waals surface area contributed by atoms with E-state index < -0.39 is 120 Å². The summed E-state index contributed by atoms with van der Waals surface area (Å²) in [5.41, 5.74) is 24.4. The van der Waals surface area contributed by atoms with E-state index in [1.165, 1.54) is 0 Å². The fraction of sp³-hybridized carbons (Fsp3) is 0.0732. The van der Waals surface area contributed by atoms with Crippen molar-refractivity contribution in [1.29, 1.82) is 0 Å². The van der Waals surface area contributed by atoms with E-state index in [0.717, 1.165) is 128 Å². The standard InChI is InChI=1S/C123H89BN4O/c1-121(2,3)88-72-98(80-39-15-9-16-40-80)119(99(73-88)81-41-17-10-18-42-81)127-112-76-90(125-108-56-28-21-49-94(108)95-50-22-29-57-109(95)125)62-64-106(112)124-107-65-63-91(126-110-58-30-23-51-96(110)97-52-24-31-59-111(97)126)77-113(107)128(120-100(85-45-33-43-82(67-85)78-35-11-7-12-36-78)74-89(122(4,5)6)75-101(120)86-46-34-44-83(68-86)79-37-13-8-14-38-79)115-71-87(70-114(127)118(115)124)84-61-66-117-105(69-84)123(104-55-27-32-60-116(104)129-117)102-53-25-19-47-92(102)93-48-20-26-54-103(93)123/h7-77H,1-6H3/i21D,22D,23D,24D,28D,29D,30D,31D,49D,50D,51D,52D,56D,57D,58D,59D. The third-order valence-corrected chi connectivity index (χ3v) is 26.9. The van der Waals surface area contributed by atoms with Crippen LogP contribution in [0.3, 0.4) is 0 Å². The van der Waals surface area contributed by atoms with Crippen LogP contribution in [0.1, 0.15) is 96.9 Å². The summed E-state index contributed by atoms with van der Waals surface area (Å²) in [5.74, 6) is 1.35. The van der Waals surface area contributed by atoms with Crippen LogP contribution in [-0.4, -0.2) is 15.8 Å². The number of aromatic nitrogens is 2. The molecule has 0 saturated carbocycles. The van der Waals surface area contributed by atoms with Gasteiger partial charge in [-0.05, 0) is 231 Å². The first kappa shape index (κ1) is 60.8. The molecule has 1 aliphatic carbocycles. The molecule has 3 aliphatic heterocycles. The predicted molar refractivity (Wildman–Crippen MR) is 542 cm³/mol. The van der Waals surface area contributed by atoms with Crippen LogP contribution in [0.2, 0.25) is 0 Å². The number of benzene rings is 19. The van der Waals surface area contributed by atoms with Crippen molar-refractivity contribution in [2.45, 2.75) is 57.8 Å². The smallest absolute Gasteiger partial charge is 0.252 e. The van der Waals surface area contributed by atoms with Crippen molar-refractivity contribution in [3.8, 4) is 112 Å². The Kier molecular flexibility index (Phi) is 13.7. The molecule has 0 amide bonds. The number of para-hydroxylation sites is 5. The lowest BCUT2D eigenvalue weighted by atomic mass is 9.33. The monoisotopic (exact) mass is 1660 g/mol. The Balaban J connectivity index is 0.914. The highest BCUT2D eigenvalue weighted by Crippen LogP contribution is 2.64. The Morgan fingerprint density at radius 2 is 0.612 bits per heavy atom. The van der Waals surface area contributed by atoms with Gasteiger partial charge < -0.3 is 23.7 Å². The van der Waals surface area contributed by atoms with Crippen LogP contribution in [0.4, 0.5) is 34.1 Å². The molecule has 610 valence electrons. The van der Waals surface area contributed by atoms with Crippen molar-refractivity contribution in [2.24, 2.45) is 0 Å². The zero-order valence-corrected chi connectivity index (χ0v) is 71.5. The fourth-order valence-corrected chi connectivity index (χ4v) is 21.0. The maximum atomic E-state index is 10.2. The van der Waals surface area contributed by atoms with Gasteiger partial charge in [0.1, 0.15) is 11.5 Å². The molecular weight excluding hydrogens is 1560 g/mol. The zero-order chi connectivity index (χ0) is 100. The Hall–Kier alpha value is -15.8. The summed E-state index contributed by atoms with van der Waals surface area (Å²) in [5, 5.41) is -0.388. The van der Waals surface area contributed by atoms with E-state index in [4.69, 9.17) is 4.74 Å². The number of ether oxygens (including phenoxy) is 1. The molecule has 0 N–H and O–H groups in total.